The van der Waals surface area contributed by atoms with Crippen LogP contribution in [0.4, 0.5) is 0 Å². The number of aromatic nitrogens is 1. The topological polar surface area (TPSA) is 68.3 Å². The van der Waals surface area contributed by atoms with Crippen molar-refractivity contribution in [3.63, 3.8) is 0 Å². The first kappa shape index (κ1) is 23.8. The molecule has 0 saturated carbocycles. The average Bonchev–Trinajstić information content (AvgIpc) is 3.39. The van der Waals surface area contributed by atoms with Gasteiger partial charge >= 0.3 is 236 Å². The van der Waals surface area contributed by atoms with Crippen molar-refractivity contribution in [1.29, 1.82) is 0 Å². The summed E-state index contributed by atoms with van der Waals surface area (Å²) in [5, 5.41) is -1.28. The third-order valence-electron chi connectivity index (χ3n) is 4.82. The molecule has 3 aromatic rings. The van der Waals surface area contributed by atoms with Gasteiger partial charge in [-0.15, -0.1) is 0 Å². The minimum absolute atomic E-state index is 0.0856. The van der Waals surface area contributed by atoms with Gasteiger partial charge in [0.2, 0.25) is 0 Å². The molecule has 1 spiro atoms. The Bertz CT molecular complexity index is 1370. The maximum atomic E-state index is 6.39. The predicted molar refractivity (Wildman–Crippen MR) is 133 cm³/mol. The van der Waals surface area contributed by atoms with E-state index in [-0.39, 0.29) is 79.8 Å². The fraction of sp³-hybridized carbons (Fsp3) is 0. The number of nitrogens with zero attached hydrogens (tertiary/aromatic N) is 1. The zero-order valence-corrected chi connectivity index (χ0v) is 23.1. The molecule has 180 valence electrons. The van der Waals surface area contributed by atoms with Crippen molar-refractivity contribution >= 4 is 112 Å². The van der Waals surface area contributed by atoms with Gasteiger partial charge in [-0.05, 0) is 0 Å². The van der Waals surface area contributed by atoms with E-state index in [1.807, 2.05) is 0 Å². The molecule has 0 aliphatic carbocycles. The van der Waals surface area contributed by atoms with Gasteiger partial charge in [-0.3, -0.25) is 0 Å². The summed E-state index contributed by atoms with van der Waals surface area (Å²) in [6, 6.07) is 1.35. The molecule has 0 fully saturated rings. The Labute approximate surface area is 234 Å². The van der Waals surface area contributed by atoms with Gasteiger partial charge in [0.15, 0.2) is 0 Å². The van der Waals surface area contributed by atoms with Crippen molar-refractivity contribution in [2.24, 2.45) is 0 Å². The van der Waals surface area contributed by atoms with Crippen LogP contribution in [0.2, 0.25) is 45.2 Å². The molecular weight excluding hydrogens is 664 g/mol. The Morgan fingerprint density at radius 3 is 1.26 bits per heavy atom. The van der Waals surface area contributed by atoms with Crippen molar-refractivity contribution < 1.29 is 27.1 Å². The Morgan fingerprint density at radius 1 is 0.500 bits per heavy atom. The number of halogens is 9. The third-order valence-corrected chi connectivity index (χ3v) is 11.9. The molecule has 0 bridgehead atoms. The van der Waals surface area contributed by atoms with Crippen LogP contribution in [-0.2, 0) is 0 Å². The summed E-state index contributed by atoms with van der Waals surface area (Å²) in [7, 11) is -6.54. The van der Waals surface area contributed by atoms with Gasteiger partial charge in [0.05, 0.1) is 0 Å². The molecule has 3 aliphatic rings. The summed E-state index contributed by atoms with van der Waals surface area (Å²) in [5.74, 6) is -1.35. The number of benzene rings is 2. The quantitative estimate of drug-likeness (QED) is 0.134. The molecule has 0 N–H and O–H groups in total. The summed E-state index contributed by atoms with van der Waals surface area (Å²) in [6.45, 7) is 0. The van der Waals surface area contributed by atoms with Gasteiger partial charge in [-0.2, -0.15) is 0 Å². The van der Waals surface area contributed by atoms with Gasteiger partial charge in [0.1, 0.15) is 0 Å². The van der Waals surface area contributed by atoms with E-state index < -0.39 is 7.31 Å². The Balaban J connectivity index is 1.69. The van der Waals surface area contributed by atoms with Gasteiger partial charge < -0.3 is 0 Å². The van der Waals surface area contributed by atoms with Gasteiger partial charge in [-0.1, -0.05) is 0 Å². The zero-order valence-electron chi connectivity index (χ0n) is 15.4. The molecular formula is C17H2Cl9NO6P-. The summed E-state index contributed by atoms with van der Waals surface area (Å²) >= 11 is 56.4. The zero-order chi connectivity index (χ0) is 24.4. The number of hydrogen-bond donors (Lipinski definition) is 0. The van der Waals surface area contributed by atoms with E-state index in [9.17, 15) is 0 Å². The van der Waals surface area contributed by atoms with E-state index in [1.54, 1.807) is 0 Å². The first-order valence-electron chi connectivity index (χ1n) is 8.62. The first-order valence-corrected chi connectivity index (χ1v) is 14.2. The van der Waals surface area contributed by atoms with Crippen LogP contribution in [0.1, 0.15) is 0 Å². The van der Waals surface area contributed by atoms with E-state index in [2.05, 4.69) is 4.98 Å². The first-order chi connectivity index (χ1) is 15.8. The molecule has 0 unspecified atom stereocenters. The summed E-state index contributed by atoms with van der Waals surface area (Å²) in [4.78, 5) is 4.08. The third kappa shape index (κ3) is 2.77. The Morgan fingerprint density at radius 2 is 0.882 bits per heavy atom. The van der Waals surface area contributed by atoms with Crippen molar-refractivity contribution in [2.45, 2.75) is 0 Å². The minimum atomic E-state index is -6.54. The van der Waals surface area contributed by atoms with Crippen LogP contribution in [-0.4, -0.2) is 4.98 Å². The number of pyridine rings is 1. The molecule has 0 saturated heterocycles. The van der Waals surface area contributed by atoms with E-state index >= 15 is 0 Å². The normalized spacial score (nSPS) is 20.7. The number of hydrogen-bond acceptors (Lipinski definition) is 7. The summed E-state index contributed by atoms with van der Waals surface area (Å²) in [5.41, 5.74) is 0. The van der Waals surface area contributed by atoms with Crippen molar-refractivity contribution in [3.05, 3.63) is 57.5 Å². The van der Waals surface area contributed by atoms with Gasteiger partial charge in [0, 0.05) is 0 Å². The van der Waals surface area contributed by atoms with E-state index in [0.717, 1.165) is 0 Å². The molecule has 3 aliphatic heterocycles. The van der Waals surface area contributed by atoms with Crippen LogP contribution in [0.5, 0.6) is 34.6 Å². The second-order valence-electron chi connectivity index (χ2n) is 6.95. The van der Waals surface area contributed by atoms with Crippen LogP contribution < -0.4 is 27.1 Å². The Kier molecular flexibility index (Phi) is 4.79. The maximum absolute atomic E-state index is 6.54. The van der Waals surface area contributed by atoms with Gasteiger partial charge in [-0.25, -0.2) is 0 Å². The second-order valence-corrected chi connectivity index (χ2v) is 13.7. The van der Waals surface area contributed by atoms with Gasteiger partial charge in [0.25, 0.3) is 0 Å². The fourth-order valence-corrected chi connectivity index (χ4v) is 9.38. The standard InChI is InChI=1S/C17H2Cl9NO6P/c18-3-1-4-17(27-2-3)33-34(28-4,29-13-9(23)5(19)6(20)10(24)14(13)30-34)31-15-11(25)7(21)8(22)12(26)16(15)32-34/h1-2H/q-1. The monoisotopic (exact) mass is 662 g/mol. The molecule has 0 atom stereocenters. The molecule has 0 radical (unpaired) electrons. The summed E-state index contributed by atoms with van der Waals surface area (Å²) < 4.78 is 36.6. The van der Waals surface area contributed by atoms with Crippen LogP contribution in [0, 0.1) is 0 Å². The molecule has 34 heavy (non-hydrogen) atoms. The second kappa shape index (κ2) is 6.84. The molecule has 7 nitrogen and oxygen atoms in total. The van der Waals surface area contributed by atoms with Crippen molar-refractivity contribution in [1.82, 2.24) is 4.98 Å². The number of fused-ring (bicyclic) bond motifs is 3. The number of rotatable bonds is 0. The molecule has 6 rings (SSSR count). The Hall–Kier alpha value is -0.570. The average molecular weight is 666 g/mol. The summed E-state index contributed by atoms with van der Waals surface area (Å²) in [6.07, 6.45) is 1.27. The van der Waals surface area contributed by atoms with Crippen molar-refractivity contribution in [2.75, 3.05) is 0 Å². The van der Waals surface area contributed by atoms with Crippen LogP contribution in [0.15, 0.2) is 12.3 Å². The molecule has 4 heterocycles. The van der Waals surface area contributed by atoms with Crippen LogP contribution in [0.25, 0.3) is 0 Å². The fourth-order valence-electron chi connectivity index (χ4n) is 3.45. The van der Waals surface area contributed by atoms with Crippen LogP contribution in [0.3, 0.4) is 0 Å². The van der Waals surface area contributed by atoms with E-state index in [0.29, 0.717) is 0 Å². The van der Waals surface area contributed by atoms with Crippen molar-refractivity contribution in [3.8, 4) is 34.6 Å². The van der Waals surface area contributed by atoms with Crippen LogP contribution >= 0.6 is 112 Å². The predicted octanol–water partition coefficient (Wildman–Crippen LogP) is 10.3. The SMILES string of the molecule is Clc1cnc2c(c1)O[P-]13(O2)(Oc2c(Cl)c(Cl)c(Cl)c(Cl)c2O1)Oc1c(Cl)c(Cl)c(Cl)c(Cl)c1O3. The molecule has 0 amide bonds. The van der Waals surface area contributed by atoms with E-state index in [1.165, 1.54) is 12.3 Å². The molecule has 17 heteroatoms. The van der Waals surface area contributed by atoms with E-state index in [4.69, 9.17) is 132 Å². The molecule has 2 aromatic carbocycles. The molecule has 1 aromatic heterocycles.